The lowest BCUT2D eigenvalue weighted by Crippen LogP contribution is -2.36. The highest BCUT2D eigenvalue weighted by Crippen LogP contribution is 2.43. The number of carbonyl (C=O) groups excluding carboxylic acids is 2. The number of hydrogen-bond acceptors (Lipinski definition) is 9. The van der Waals surface area contributed by atoms with E-state index in [1.54, 1.807) is 0 Å². The number of nitrogen functional groups attached to an aromatic ring is 1. The molecule has 0 spiro atoms. The average Bonchev–Trinajstić information content (AvgIpc) is 2.76. The molecular weight excluding hydrogens is 360 g/mol. The summed E-state index contributed by atoms with van der Waals surface area (Å²) in [5.41, 5.74) is 4.17. The van der Waals surface area contributed by atoms with Crippen LogP contribution in [0.25, 0.3) is 0 Å². The minimum absolute atomic E-state index is 0.176. The van der Waals surface area contributed by atoms with Crippen molar-refractivity contribution in [1.29, 1.82) is 0 Å². The zero-order chi connectivity index (χ0) is 19.5. The monoisotopic (exact) mass is 375 g/mol. The second kappa shape index (κ2) is 7.47. The lowest BCUT2D eigenvalue weighted by Gasteiger charge is -2.20. The number of esters is 1. The first kappa shape index (κ1) is 19.3. The fourth-order valence-electron chi connectivity index (χ4n) is 1.97. The molecule has 0 saturated heterocycles. The molecule has 1 aromatic heterocycles. The molecule has 142 valence electrons. The number of carbonyl (C=O) groups is 2. The molecule has 1 aliphatic rings. The summed E-state index contributed by atoms with van der Waals surface area (Å²) in [5, 5.41) is 9.63. The molecule has 0 amide bonds. The lowest BCUT2D eigenvalue weighted by atomic mass is 10.2. The summed E-state index contributed by atoms with van der Waals surface area (Å²) >= 11 is 0. The van der Waals surface area contributed by atoms with Gasteiger partial charge in [0.25, 0.3) is 6.23 Å². The number of aliphatic hydroxyl groups is 1. The highest BCUT2D eigenvalue weighted by molar-refractivity contribution is 5.77. The van der Waals surface area contributed by atoms with E-state index in [2.05, 4.69) is 9.72 Å². The Hall–Kier alpha value is -3.02. The third-order valence-electron chi connectivity index (χ3n) is 3.14. The molecule has 1 aliphatic heterocycles. The largest absolute Gasteiger partial charge is 0.504 e. The van der Waals surface area contributed by atoms with Gasteiger partial charge in [-0.2, -0.15) is 13.8 Å². The molecule has 0 fully saturated rings. The molecular formula is C14H15F2N3O7. The first-order valence-corrected chi connectivity index (χ1v) is 7.17. The normalized spacial score (nSPS) is 18.5. The Morgan fingerprint density at radius 2 is 2.15 bits per heavy atom. The van der Waals surface area contributed by atoms with Crippen molar-refractivity contribution < 1.29 is 37.7 Å². The van der Waals surface area contributed by atoms with Gasteiger partial charge in [0.2, 0.25) is 5.76 Å². The topological polar surface area (TPSA) is 143 Å². The highest BCUT2D eigenvalue weighted by atomic mass is 19.3. The number of alkyl halides is 2. The van der Waals surface area contributed by atoms with Crippen molar-refractivity contribution in [1.82, 2.24) is 9.55 Å². The van der Waals surface area contributed by atoms with Gasteiger partial charge in [-0.15, -0.1) is 0 Å². The van der Waals surface area contributed by atoms with E-state index in [0.717, 1.165) is 12.3 Å². The van der Waals surface area contributed by atoms with Gasteiger partial charge in [0, 0.05) is 6.20 Å². The fraction of sp³-hybridized carbons (Fsp3) is 0.429. The van der Waals surface area contributed by atoms with Crippen molar-refractivity contribution in [3.05, 3.63) is 34.3 Å². The van der Waals surface area contributed by atoms with Crippen LogP contribution >= 0.6 is 0 Å². The van der Waals surface area contributed by atoms with Crippen molar-refractivity contribution in [3.63, 3.8) is 0 Å². The van der Waals surface area contributed by atoms with Crippen LogP contribution in [0.3, 0.4) is 0 Å². The lowest BCUT2D eigenvalue weighted by molar-refractivity contribution is -0.150. The number of aliphatic hydroxyl groups excluding tert-OH is 1. The van der Waals surface area contributed by atoms with Gasteiger partial charge in [-0.25, -0.2) is 9.59 Å². The molecule has 0 saturated carbocycles. The molecule has 1 aromatic rings. The van der Waals surface area contributed by atoms with Gasteiger partial charge in [0.1, 0.15) is 19.0 Å². The fourth-order valence-corrected chi connectivity index (χ4v) is 1.97. The van der Waals surface area contributed by atoms with Crippen LogP contribution in [0.2, 0.25) is 0 Å². The van der Waals surface area contributed by atoms with Gasteiger partial charge >= 0.3 is 17.6 Å². The van der Waals surface area contributed by atoms with Gasteiger partial charge < -0.3 is 25.1 Å². The third kappa shape index (κ3) is 4.14. The Morgan fingerprint density at radius 3 is 2.77 bits per heavy atom. The molecule has 0 radical (unpaired) electrons. The van der Waals surface area contributed by atoms with Crippen molar-refractivity contribution in [2.75, 3.05) is 25.6 Å². The second-order valence-electron chi connectivity index (χ2n) is 5.26. The van der Waals surface area contributed by atoms with Gasteiger partial charge in [0.15, 0.2) is 18.1 Å². The number of rotatable bonds is 7. The summed E-state index contributed by atoms with van der Waals surface area (Å²) in [6.07, 6.45) is -1.29. The van der Waals surface area contributed by atoms with Crippen LogP contribution in [0, 0.1) is 0 Å². The van der Waals surface area contributed by atoms with Gasteiger partial charge in [-0.05, 0) is 13.0 Å². The molecule has 3 N–H and O–H groups in total. The Morgan fingerprint density at radius 1 is 1.46 bits per heavy atom. The smallest absolute Gasteiger partial charge is 0.362 e. The number of Topliss-reactive ketones (excluding diaryl/α,β-unsaturated/α-hetero) is 1. The number of nitrogens with zero attached hydrogens (tertiary/aromatic N) is 2. The van der Waals surface area contributed by atoms with E-state index in [1.807, 2.05) is 0 Å². The maximum atomic E-state index is 14.2. The zero-order valence-electron chi connectivity index (χ0n) is 13.5. The van der Waals surface area contributed by atoms with E-state index >= 15 is 0 Å². The van der Waals surface area contributed by atoms with E-state index in [4.69, 9.17) is 15.2 Å². The summed E-state index contributed by atoms with van der Waals surface area (Å²) < 4.78 is 43.0. The Balaban J connectivity index is 2.04. The molecule has 2 rings (SSSR count). The maximum absolute atomic E-state index is 14.2. The van der Waals surface area contributed by atoms with Crippen LogP contribution in [0.1, 0.15) is 13.2 Å². The van der Waals surface area contributed by atoms with Crippen LogP contribution in [0.4, 0.5) is 14.6 Å². The number of halogens is 2. The third-order valence-corrected chi connectivity index (χ3v) is 3.14. The minimum atomic E-state index is -3.96. The van der Waals surface area contributed by atoms with E-state index in [0.29, 0.717) is 4.57 Å². The number of anilines is 1. The average molecular weight is 375 g/mol. The van der Waals surface area contributed by atoms with Gasteiger partial charge in [-0.1, -0.05) is 0 Å². The van der Waals surface area contributed by atoms with Crippen LogP contribution in [-0.2, 0) is 23.8 Å². The molecule has 12 heteroatoms. The second-order valence-corrected chi connectivity index (χ2v) is 5.26. The van der Waals surface area contributed by atoms with Crippen molar-refractivity contribution >= 4 is 17.6 Å². The Bertz CT molecular complexity index is 806. The van der Waals surface area contributed by atoms with Crippen LogP contribution in [0.15, 0.2) is 28.6 Å². The van der Waals surface area contributed by atoms with Gasteiger partial charge in [-0.3, -0.25) is 9.36 Å². The van der Waals surface area contributed by atoms with Crippen molar-refractivity contribution in [2.24, 2.45) is 0 Å². The number of ketones is 1. The van der Waals surface area contributed by atoms with E-state index in [9.17, 15) is 28.3 Å². The van der Waals surface area contributed by atoms with E-state index in [1.165, 1.54) is 6.92 Å². The first-order valence-electron chi connectivity index (χ1n) is 7.17. The van der Waals surface area contributed by atoms with E-state index in [-0.39, 0.29) is 18.2 Å². The zero-order valence-corrected chi connectivity index (χ0v) is 13.5. The van der Waals surface area contributed by atoms with Crippen molar-refractivity contribution in [2.45, 2.75) is 19.1 Å². The number of ether oxygens (including phenoxy) is 3. The van der Waals surface area contributed by atoms with E-state index < -0.39 is 48.5 Å². The highest BCUT2D eigenvalue weighted by Gasteiger charge is 2.55. The van der Waals surface area contributed by atoms with Gasteiger partial charge in [0.05, 0.1) is 0 Å². The summed E-state index contributed by atoms with van der Waals surface area (Å²) in [6, 6.07) is 1.10. The van der Waals surface area contributed by atoms with Crippen LogP contribution in [0.5, 0.6) is 0 Å². The summed E-state index contributed by atoms with van der Waals surface area (Å²) in [4.78, 5) is 37.1. The number of aromatic nitrogens is 2. The Kier molecular flexibility index (Phi) is 5.55. The molecule has 1 atom stereocenters. The minimum Gasteiger partial charge on any atom is -0.504 e. The number of nitrogens with two attached hydrogens (primary N) is 1. The maximum Gasteiger partial charge on any atom is 0.362 e. The SMILES string of the molecule is CC(=O)COCC(=O)OCC1=C(O)C(F)(F)[C@H](n2ccc(N)nc2=O)O1. The standard InChI is InChI=1S/C14H15F2N3O7/c1-7(20)4-24-6-10(21)25-5-8-11(22)14(15,16)12(26-8)19-3-2-9(17)18-13(19)23/h2-3,12,22H,4-6H2,1H3,(H2,17,18,23)/t12-/m1/s1. The quantitative estimate of drug-likeness (QED) is 0.625. The van der Waals surface area contributed by atoms with Crippen LogP contribution in [-0.4, -0.2) is 52.2 Å². The summed E-state index contributed by atoms with van der Waals surface area (Å²) in [7, 11) is 0. The number of hydrogen-bond donors (Lipinski definition) is 2. The predicted molar refractivity (Wildman–Crippen MR) is 80.1 cm³/mol. The molecule has 0 aromatic carbocycles. The first-order chi connectivity index (χ1) is 12.1. The van der Waals surface area contributed by atoms with Crippen molar-refractivity contribution in [3.8, 4) is 0 Å². The molecule has 0 bridgehead atoms. The Labute approximate surface area is 144 Å². The summed E-state index contributed by atoms with van der Waals surface area (Å²) in [5.74, 6) is -7.64. The van der Waals surface area contributed by atoms with Crippen LogP contribution < -0.4 is 11.4 Å². The molecule has 0 aliphatic carbocycles. The molecule has 26 heavy (non-hydrogen) atoms. The molecule has 2 heterocycles. The predicted octanol–water partition coefficient (Wildman–Crippen LogP) is -0.0920. The molecule has 0 unspecified atom stereocenters. The molecule has 10 nitrogen and oxygen atoms in total. The summed E-state index contributed by atoms with van der Waals surface area (Å²) in [6.45, 7) is -0.477.